The standard InChI is InChI=1S/C17H17ClN2O4/c1-22-14-9-16(24-3)15(23-2)8-11(14)10-19-20-17(21)12-6-4-5-7-13(12)18/h4-10H,1-3H3,(H,20,21)/b19-10-. The maximum atomic E-state index is 12.0. The predicted octanol–water partition coefficient (Wildman–Crippen LogP) is 3.13. The molecule has 0 aromatic heterocycles. The lowest BCUT2D eigenvalue weighted by atomic mass is 10.2. The maximum Gasteiger partial charge on any atom is 0.272 e. The third kappa shape index (κ3) is 3.97. The van der Waals surface area contributed by atoms with Crippen molar-refractivity contribution in [2.45, 2.75) is 0 Å². The van der Waals surface area contributed by atoms with Crippen LogP contribution in [0.2, 0.25) is 5.02 Å². The number of carbonyl (C=O) groups is 1. The Morgan fingerprint density at radius 3 is 2.29 bits per heavy atom. The second-order valence-electron chi connectivity index (χ2n) is 4.63. The fraction of sp³-hybridized carbons (Fsp3) is 0.176. The van der Waals surface area contributed by atoms with Crippen LogP contribution in [0.3, 0.4) is 0 Å². The van der Waals surface area contributed by atoms with Crippen molar-refractivity contribution < 1.29 is 19.0 Å². The molecule has 0 aliphatic rings. The van der Waals surface area contributed by atoms with Gasteiger partial charge in [-0.25, -0.2) is 5.43 Å². The summed E-state index contributed by atoms with van der Waals surface area (Å²) in [4.78, 5) is 12.0. The molecule has 0 radical (unpaired) electrons. The minimum absolute atomic E-state index is 0.343. The molecule has 0 saturated heterocycles. The summed E-state index contributed by atoms with van der Waals surface area (Å²) in [5.41, 5.74) is 3.39. The number of carbonyl (C=O) groups excluding carboxylic acids is 1. The summed E-state index contributed by atoms with van der Waals surface area (Å²) in [5, 5.41) is 4.29. The third-order valence-corrected chi connectivity index (χ3v) is 3.55. The summed E-state index contributed by atoms with van der Waals surface area (Å²) in [6.07, 6.45) is 1.45. The van der Waals surface area contributed by atoms with Crippen LogP contribution < -0.4 is 19.6 Å². The number of methoxy groups -OCH3 is 3. The van der Waals surface area contributed by atoms with E-state index in [4.69, 9.17) is 25.8 Å². The van der Waals surface area contributed by atoms with E-state index in [2.05, 4.69) is 10.5 Å². The van der Waals surface area contributed by atoms with Crippen LogP contribution in [0, 0.1) is 0 Å². The zero-order chi connectivity index (χ0) is 17.5. The van der Waals surface area contributed by atoms with Gasteiger partial charge in [0.1, 0.15) is 5.75 Å². The first-order valence-electron chi connectivity index (χ1n) is 6.98. The topological polar surface area (TPSA) is 69.2 Å². The Bertz CT molecular complexity index is 762. The number of rotatable bonds is 6. The highest BCUT2D eigenvalue weighted by Crippen LogP contribution is 2.33. The van der Waals surface area contributed by atoms with Crippen LogP contribution >= 0.6 is 11.6 Å². The van der Waals surface area contributed by atoms with E-state index in [0.717, 1.165) is 0 Å². The summed E-state index contributed by atoms with van der Waals surface area (Å²) in [6, 6.07) is 10.1. The summed E-state index contributed by atoms with van der Waals surface area (Å²) in [6.45, 7) is 0. The maximum absolute atomic E-state index is 12.0. The van der Waals surface area contributed by atoms with Crippen molar-refractivity contribution in [2.24, 2.45) is 5.10 Å². The summed E-state index contributed by atoms with van der Waals surface area (Å²) in [7, 11) is 4.60. The molecule has 2 aromatic carbocycles. The van der Waals surface area contributed by atoms with E-state index >= 15 is 0 Å². The molecule has 0 unspecified atom stereocenters. The smallest absolute Gasteiger partial charge is 0.272 e. The second kappa shape index (κ2) is 8.21. The number of nitrogens with one attached hydrogen (secondary N) is 1. The first-order chi connectivity index (χ1) is 11.6. The largest absolute Gasteiger partial charge is 0.496 e. The molecule has 7 heteroatoms. The van der Waals surface area contributed by atoms with Crippen molar-refractivity contribution in [3.8, 4) is 17.2 Å². The molecular formula is C17H17ClN2O4. The molecule has 0 saturated carbocycles. The molecule has 126 valence electrons. The van der Waals surface area contributed by atoms with Gasteiger partial charge in [0.15, 0.2) is 11.5 Å². The highest BCUT2D eigenvalue weighted by atomic mass is 35.5. The lowest BCUT2D eigenvalue weighted by molar-refractivity contribution is 0.0955. The van der Waals surface area contributed by atoms with Crippen LogP contribution in [-0.2, 0) is 0 Å². The lowest BCUT2D eigenvalue weighted by Gasteiger charge is -2.11. The fourth-order valence-electron chi connectivity index (χ4n) is 2.02. The molecule has 0 aliphatic carbocycles. The third-order valence-electron chi connectivity index (χ3n) is 3.22. The van der Waals surface area contributed by atoms with E-state index in [-0.39, 0.29) is 0 Å². The second-order valence-corrected chi connectivity index (χ2v) is 5.04. The van der Waals surface area contributed by atoms with E-state index in [9.17, 15) is 4.79 Å². The van der Waals surface area contributed by atoms with Crippen molar-refractivity contribution in [2.75, 3.05) is 21.3 Å². The number of hydrogen-bond donors (Lipinski definition) is 1. The molecule has 2 rings (SSSR count). The minimum atomic E-state index is -0.406. The van der Waals surface area contributed by atoms with Crippen molar-refractivity contribution >= 4 is 23.7 Å². The molecule has 0 spiro atoms. The molecule has 0 heterocycles. The van der Waals surface area contributed by atoms with Gasteiger partial charge in [-0.2, -0.15) is 5.10 Å². The number of benzene rings is 2. The van der Waals surface area contributed by atoms with Gasteiger partial charge in [0.2, 0.25) is 0 Å². The lowest BCUT2D eigenvalue weighted by Crippen LogP contribution is -2.18. The fourth-order valence-corrected chi connectivity index (χ4v) is 2.24. The van der Waals surface area contributed by atoms with Crippen LogP contribution in [0.1, 0.15) is 15.9 Å². The SMILES string of the molecule is COc1cc(OC)c(OC)cc1/C=N\NC(=O)c1ccccc1Cl. The van der Waals surface area contributed by atoms with Crippen LogP contribution in [0.5, 0.6) is 17.2 Å². The number of nitrogens with zero attached hydrogens (tertiary/aromatic N) is 1. The Morgan fingerprint density at radius 1 is 1.04 bits per heavy atom. The first kappa shape index (κ1) is 17.6. The van der Waals surface area contributed by atoms with Crippen molar-refractivity contribution in [1.82, 2.24) is 5.43 Å². The summed E-state index contributed by atoms with van der Waals surface area (Å²) in [5.74, 6) is 1.18. The van der Waals surface area contributed by atoms with Gasteiger partial charge < -0.3 is 14.2 Å². The zero-order valence-electron chi connectivity index (χ0n) is 13.5. The van der Waals surface area contributed by atoms with Gasteiger partial charge in [-0.1, -0.05) is 23.7 Å². The van der Waals surface area contributed by atoms with Gasteiger partial charge in [-0.15, -0.1) is 0 Å². The van der Waals surface area contributed by atoms with E-state index in [0.29, 0.717) is 33.4 Å². The van der Waals surface area contributed by atoms with Gasteiger partial charge in [-0.05, 0) is 18.2 Å². The molecule has 0 fully saturated rings. The molecular weight excluding hydrogens is 332 g/mol. The number of hydrogen-bond acceptors (Lipinski definition) is 5. The molecule has 24 heavy (non-hydrogen) atoms. The molecule has 0 aliphatic heterocycles. The van der Waals surface area contributed by atoms with Crippen LogP contribution in [0.25, 0.3) is 0 Å². The highest BCUT2D eigenvalue weighted by Gasteiger charge is 2.11. The van der Waals surface area contributed by atoms with Crippen molar-refractivity contribution in [3.63, 3.8) is 0 Å². The number of ether oxygens (including phenoxy) is 3. The average Bonchev–Trinajstić information content (AvgIpc) is 2.61. The highest BCUT2D eigenvalue weighted by molar-refractivity contribution is 6.33. The molecule has 1 N–H and O–H groups in total. The number of hydrazone groups is 1. The van der Waals surface area contributed by atoms with Gasteiger partial charge >= 0.3 is 0 Å². The van der Waals surface area contributed by atoms with Crippen molar-refractivity contribution in [3.05, 3.63) is 52.5 Å². The predicted molar refractivity (Wildman–Crippen MR) is 92.6 cm³/mol. The van der Waals surface area contributed by atoms with Crippen molar-refractivity contribution in [1.29, 1.82) is 0 Å². The number of amides is 1. The normalized spacial score (nSPS) is 10.5. The van der Waals surface area contributed by atoms with E-state index < -0.39 is 5.91 Å². The quantitative estimate of drug-likeness (QED) is 0.643. The Hall–Kier alpha value is -2.73. The molecule has 0 atom stereocenters. The first-order valence-corrected chi connectivity index (χ1v) is 7.36. The van der Waals surface area contributed by atoms with Gasteiger partial charge in [0.25, 0.3) is 5.91 Å². The number of halogens is 1. The monoisotopic (exact) mass is 348 g/mol. The Morgan fingerprint density at radius 2 is 1.67 bits per heavy atom. The Balaban J connectivity index is 2.19. The van der Waals surface area contributed by atoms with Crippen LogP contribution in [0.15, 0.2) is 41.5 Å². The molecule has 2 aromatic rings. The van der Waals surface area contributed by atoms with Gasteiger partial charge in [-0.3, -0.25) is 4.79 Å². The molecule has 1 amide bonds. The van der Waals surface area contributed by atoms with E-state index in [1.165, 1.54) is 27.5 Å². The molecule has 0 bridgehead atoms. The van der Waals surface area contributed by atoms with E-state index in [1.807, 2.05) is 0 Å². The summed E-state index contributed by atoms with van der Waals surface area (Å²) >= 11 is 5.97. The Kier molecular flexibility index (Phi) is 6.03. The van der Waals surface area contributed by atoms with Gasteiger partial charge in [0, 0.05) is 11.6 Å². The Labute approximate surface area is 145 Å². The van der Waals surface area contributed by atoms with Crippen LogP contribution in [-0.4, -0.2) is 33.5 Å². The zero-order valence-corrected chi connectivity index (χ0v) is 14.3. The van der Waals surface area contributed by atoms with Gasteiger partial charge in [0.05, 0.1) is 38.1 Å². The molecule has 6 nitrogen and oxygen atoms in total. The minimum Gasteiger partial charge on any atom is -0.496 e. The average molecular weight is 349 g/mol. The van der Waals surface area contributed by atoms with E-state index in [1.54, 1.807) is 36.4 Å². The van der Waals surface area contributed by atoms with Crippen LogP contribution in [0.4, 0.5) is 0 Å². The summed E-state index contributed by atoms with van der Waals surface area (Å²) < 4.78 is 15.7.